The van der Waals surface area contributed by atoms with Crippen LogP contribution >= 0.6 is 27.3 Å². The van der Waals surface area contributed by atoms with Gasteiger partial charge in [0.2, 0.25) is 5.13 Å². The number of anilines is 1. The molecule has 6 heteroatoms. The van der Waals surface area contributed by atoms with Gasteiger partial charge in [0, 0.05) is 16.5 Å². The highest BCUT2D eigenvalue weighted by molar-refractivity contribution is 9.10. The number of aromatic nitrogens is 1. The highest BCUT2D eigenvalue weighted by Crippen LogP contribution is 2.26. The van der Waals surface area contributed by atoms with Crippen molar-refractivity contribution in [1.82, 2.24) is 4.98 Å². The van der Waals surface area contributed by atoms with E-state index in [1.807, 2.05) is 49.6 Å². The summed E-state index contributed by atoms with van der Waals surface area (Å²) in [7, 11) is 0. The molecule has 0 fully saturated rings. The molecule has 0 amide bonds. The molecule has 0 saturated carbocycles. The normalized spacial score (nSPS) is 11.2. The van der Waals surface area contributed by atoms with Crippen LogP contribution in [-0.2, 0) is 0 Å². The van der Waals surface area contributed by atoms with Crippen LogP contribution in [-0.4, -0.2) is 11.2 Å². The zero-order valence-corrected chi connectivity index (χ0v) is 15.6. The van der Waals surface area contributed by atoms with Crippen molar-refractivity contribution in [2.75, 3.05) is 5.43 Å². The standard InChI is InChI=1S/C18H15BrFN3S/c1-11-8-15(20)17(19)12(2)14(11)9-21-23-18-22-16(10-24-18)13-6-4-3-5-7-13/h3-10H,1-2H3,(H,22,23). The van der Waals surface area contributed by atoms with E-state index in [0.29, 0.717) is 9.60 Å². The summed E-state index contributed by atoms with van der Waals surface area (Å²) < 4.78 is 14.1. The molecule has 1 aromatic heterocycles. The van der Waals surface area contributed by atoms with Gasteiger partial charge in [0.15, 0.2) is 0 Å². The summed E-state index contributed by atoms with van der Waals surface area (Å²) in [6, 6.07) is 11.5. The minimum absolute atomic E-state index is 0.262. The van der Waals surface area contributed by atoms with Crippen molar-refractivity contribution in [2.45, 2.75) is 13.8 Å². The summed E-state index contributed by atoms with van der Waals surface area (Å²) in [6.45, 7) is 3.72. The van der Waals surface area contributed by atoms with Crippen LogP contribution in [0, 0.1) is 19.7 Å². The number of hydrazone groups is 1. The molecule has 0 spiro atoms. The fourth-order valence-electron chi connectivity index (χ4n) is 2.34. The molecule has 122 valence electrons. The van der Waals surface area contributed by atoms with E-state index in [4.69, 9.17) is 0 Å². The fraction of sp³-hybridized carbons (Fsp3) is 0.111. The SMILES string of the molecule is Cc1cc(F)c(Br)c(C)c1C=NNc1nc(-c2ccccc2)cs1. The highest BCUT2D eigenvalue weighted by atomic mass is 79.9. The van der Waals surface area contributed by atoms with E-state index in [9.17, 15) is 4.39 Å². The van der Waals surface area contributed by atoms with Crippen molar-refractivity contribution < 1.29 is 4.39 Å². The van der Waals surface area contributed by atoms with E-state index in [2.05, 4.69) is 31.4 Å². The monoisotopic (exact) mass is 403 g/mol. The van der Waals surface area contributed by atoms with E-state index < -0.39 is 0 Å². The summed E-state index contributed by atoms with van der Waals surface area (Å²) in [5.41, 5.74) is 7.46. The minimum atomic E-state index is -0.262. The number of aryl methyl sites for hydroxylation is 1. The molecule has 3 nitrogen and oxygen atoms in total. The van der Waals surface area contributed by atoms with E-state index in [1.54, 1.807) is 6.21 Å². The molecular formula is C18H15BrFN3S. The second-order valence-electron chi connectivity index (χ2n) is 5.30. The smallest absolute Gasteiger partial charge is 0.203 e. The quantitative estimate of drug-likeness (QED) is 0.443. The van der Waals surface area contributed by atoms with Gasteiger partial charge < -0.3 is 0 Å². The van der Waals surface area contributed by atoms with Crippen LogP contribution < -0.4 is 5.43 Å². The summed E-state index contributed by atoms with van der Waals surface area (Å²) in [6.07, 6.45) is 1.69. The Morgan fingerprint density at radius 1 is 1.25 bits per heavy atom. The van der Waals surface area contributed by atoms with Crippen LogP contribution in [0.1, 0.15) is 16.7 Å². The third-order valence-corrected chi connectivity index (χ3v) is 5.36. The number of hydrogen-bond acceptors (Lipinski definition) is 4. The minimum Gasteiger partial charge on any atom is -0.253 e. The number of nitrogens with one attached hydrogen (secondary N) is 1. The van der Waals surface area contributed by atoms with Gasteiger partial charge in [0.25, 0.3) is 0 Å². The summed E-state index contributed by atoms with van der Waals surface area (Å²) in [5.74, 6) is -0.262. The molecule has 0 saturated heterocycles. The van der Waals surface area contributed by atoms with Gasteiger partial charge in [-0.2, -0.15) is 5.10 Å². The maximum atomic E-state index is 13.7. The molecule has 2 aromatic carbocycles. The molecule has 0 unspecified atom stereocenters. The molecule has 3 aromatic rings. The van der Waals surface area contributed by atoms with Crippen LogP contribution in [0.25, 0.3) is 11.3 Å². The zero-order chi connectivity index (χ0) is 17.1. The largest absolute Gasteiger partial charge is 0.253 e. The van der Waals surface area contributed by atoms with Crippen LogP contribution in [0.15, 0.2) is 51.4 Å². The molecule has 1 heterocycles. The van der Waals surface area contributed by atoms with Gasteiger partial charge in [-0.15, -0.1) is 11.3 Å². The van der Waals surface area contributed by atoms with Crippen molar-refractivity contribution in [1.29, 1.82) is 0 Å². The lowest BCUT2D eigenvalue weighted by Crippen LogP contribution is -1.98. The maximum absolute atomic E-state index is 13.7. The third kappa shape index (κ3) is 3.55. The first-order chi connectivity index (χ1) is 11.6. The van der Waals surface area contributed by atoms with Gasteiger partial charge in [0.05, 0.1) is 16.4 Å². The van der Waals surface area contributed by atoms with Crippen molar-refractivity contribution >= 4 is 38.6 Å². The van der Waals surface area contributed by atoms with Gasteiger partial charge in [0.1, 0.15) is 5.82 Å². The topological polar surface area (TPSA) is 37.3 Å². The Kier molecular flexibility index (Phi) is 5.06. The average Bonchev–Trinajstić information content (AvgIpc) is 3.06. The molecule has 0 aliphatic rings. The van der Waals surface area contributed by atoms with Gasteiger partial charge in [-0.05, 0) is 47.0 Å². The lowest BCUT2D eigenvalue weighted by atomic mass is 10.0. The number of benzene rings is 2. The van der Waals surface area contributed by atoms with Gasteiger partial charge >= 0.3 is 0 Å². The van der Waals surface area contributed by atoms with E-state index >= 15 is 0 Å². The lowest BCUT2D eigenvalue weighted by Gasteiger charge is -2.08. The van der Waals surface area contributed by atoms with Crippen molar-refractivity contribution in [3.8, 4) is 11.3 Å². The van der Waals surface area contributed by atoms with Gasteiger partial charge in [-0.25, -0.2) is 9.37 Å². The second kappa shape index (κ2) is 7.23. The molecule has 24 heavy (non-hydrogen) atoms. The first-order valence-corrected chi connectivity index (χ1v) is 8.98. The van der Waals surface area contributed by atoms with Gasteiger partial charge in [-0.3, -0.25) is 5.43 Å². The van der Waals surface area contributed by atoms with Crippen LogP contribution in [0.3, 0.4) is 0 Å². The zero-order valence-electron chi connectivity index (χ0n) is 13.2. The molecule has 0 aliphatic heterocycles. The average molecular weight is 404 g/mol. The summed E-state index contributed by atoms with van der Waals surface area (Å²) in [5, 5.41) is 6.94. The number of halogens is 2. The Morgan fingerprint density at radius 2 is 2.00 bits per heavy atom. The molecule has 0 atom stereocenters. The van der Waals surface area contributed by atoms with Gasteiger partial charge in [-0.1, -0.05) is 30.3 Å². The van der Waals surface area contributed by atoms with E-state index in [0.717, 1.165) is 27.9 Å². The van der Waals surface area contributed by atoms with Crippen LogP contribution in [0.2, 0.25) is 0 Å². The van der Waals surface area contributed by atoms with Crippen LogP contribution in [0.5, 0.6) is 0 Å². The molecule has 0 bridgehead atoms. The molecule has 0 radical (unpaired) electrons. The molecule has 0 aliphatic carbocycles. The van der Waals surface area contributed by atoms with Crippen LogP contribution in [0.4, 0.5) is 9.52 Å². The number of thiazole rings is 1. The maximum Gasteiger partial charge on any atom is 0.203 e. The summed E-state index contributed by atoms with van der Waals surface area (Å²) in [4.78, 5) is 4.51. The Hall–Kier alpha value is -2.05. The lowest BCUT2D eigenvalue weighted by molar-refractivity contribution is 0.618. The number of nitrogens with zero attached hydrogens (tertiary/aromatic N) is 2. The van der Waals surface area contributed by atoms with E-state index in [1.165, 1.54) is 17.4 Å². The van der Waals surface area contributed by atoms with Crippen molar-refractivity contribution in [3.63, 3.8) is 0 Å². The van der Waals surface area contributed by atoms with Crippen molar-refractivity contribution in [2.24, 2.45) is 5.10 Å². The Balaban J connectivity index is 1.76. The molecular weight excluding hydrogens is 389 g/mol. The number of rotatable bonds is 4. The predicted molar refractivity (Wildman–Crippen MR) is 102 cm³/mol. The second-order valence-corrected chi connectivity index (χ2v) is 6.95. The first-order valence-electron chi connectivity index (χ1n) is 7.31. The fourth-order valence-corrected chi connectivity index (χ4v) is 3.34. The summed E-state index contributed by atoms with van der Waals surface area (Å²) >= 11 is 4.75. The Labute approximate surface area is 152 Å². The predicted octanol–water partition coefficient (Wildman–Crippen LogP) is 5.77. The Morgan fingerprint density at radius 3 is 2.75 bits per heavy atom. The molecule has 3 rings (SSSR count). The third-order valence-electron chi connectivity index (χ3n) is 3.64. The van der Waals surface area contributed by atoms with E-state index in [-0.39, 0.29) is 5.82 Å². The number of hydrogen-bond donors (Lipinski definition) is 1. The Bertz CT molecular complexity index is 891. The first kappa shape index (κ1) is 16.8. The highest BCUT2D eigenvalue weighted by Gasteiger charge is 2.10. The van der Waals surface area contributed by atoms with Crippen molar-refractivity contribution in [3.05, 3.63) is 68.8 Å². The molecule has 1 N–H and O–H groups in total.